The first kappa shape index (κ1) is 21.7. The first-order chi connectivity index (χ1) is 15.1. The van der Waals surface area contributed by atoms with Gasteiger partial charge < -0.3 is 15.8 Å². The largest absolute Gasteiger partial charge is 0.415 e. The van der Waals surface area contributed by atoms with E-state index in [0.29, 0.717) is 0 Å². The molecule has 11 heteroatoms. The van der Waals surface area contributed by atoms with Crippen molar-refractivity contribution in [2.75, 3.05) is 13.2 Å². The molecule has 0 aliphatic carbocycles. The van der Waals surface area contributed by atoms with Crippen molar-refractivity contribution >= 4 is 17.9 Å². The third-order valence-corrected chi connectivity index (χ3v) is 5.52. The van der Waals surface area contributed by atoms with Crippen molar-refractivity contribution in [2.24, 2.45) is 16.6 Å². The van der Waals surface area contributed by atoms with Crippen molar-refractivity contribution in [3.63, 3.8) is 0 Å². The van der Waals surface area contributed by atoms with Gasteiger partial charge in [-0.05, 0) is 35.9 Å². The molecule has 4 rings (SSSR count). The number of hydrogen-bond acceptors (Lipinski definition) is 6. The molecule has 3 N–H and O–H groups in total. The third-order valence-electron chi connectivity index (χ3n) is 5.52. The smallest absolute Gasteiger partial charge is 0.370 e. The molecule has 3 heterocycles. The van der Waals surface area contributed by atoms with Gasteiger partial charge >= 0.3 is 6.18 Å². The van der Waals surface area contributed by atoms with Crippen LogP contribution < -0.4 is 11.1 Å². The molecule has 0 bridgehead atoms. The summed E-state index contributed by atoms with van der Waals surface area (Å²) in [5, 5.41) is 11.5. The van der Waals surface area contributed by atoms with Crippen LogP contribution in [0.5, 0.6) is 0 Å². The molecular formula is C21H16F5N5O. The Bertz CT molecular complexity index is 1140. The van der Waals surface area contributed by atoms with Gasteiger partial charge in [-0.3, -0.25) is 9.98 Å². The number of ether oxygens (including phenoxy) is 1. The van der Waals surface area contributed by atoms with Crippen LogP contribution in [0.15, 0.2) is 41.5 Å². The van der Waals surface area contributed by atoms with Gasteiger partial charge in [0.1, 0.15) is 17.7 Å². The minimum atomic E-state index is -4.68. The highest BCUT2D eigenvalue weighted by atomic mass is 19.4. The Kier molecular flexibility index (Phi) is 5.34. The Balaban J connectivity index is 1.75. The van der Waals surface area contributed by atoms with E-state index >= 15 is 0 Å². The summed E-state index contributed by atoms with van der Waals surface area (Å²) >= 11 is 0. The van der Waals surface area contributed by atoms with E-state index in [1.165, 1.54) is 30.5 Å². The Hall–Kier alpha value is -3.52. The summed E-state index contributed by atoms with van der Waals surface area (Å²) in [6, 6.07) is 8.13. The number of guanidine groups is 1. The van der Waals surface area contributed by atoms with Crippen molar-refractivity contribution < 1.29 is 26.7 Å². The van der Waals surface area contributed by atoms with Gasteiger partial charge in [0, 0.05) is 17.7 Å². The van der Waals surface area contributed by atoms with Crippen molar-refractivity contribution in [1.29, 1.82) is 5.26 Å². The van der Waals surface area contributed by atoms with Gasteiger partial charge in [0.05, 0.1) is 29.9 Å². The minimum Gasteiger partial charge on any atom is -0.370 e. The lowest BCUT2D eigenvalue weighted by Crippen LogP contribution is -2.59. The molecule has 1 aromatic heterocycles. The zero-order chi connectivity index (χ0) is 23.1. The molecule has 3 atom stereocenters. The average Bonchev–Trinajstić information content (AvgIpc) is 3.15. The van der Waals surface area contributed by atoms with Crippen LogP contribution in [0.2, 0.25) is 0 Å². The Morgan fingerprint density at radius 1 is 1.31 bits per heavy atom. The summed E-state index contributed by atoms with van der Waals surface area (Å²) in [7, 11) is 0. The summed E-state index contributed by atoms with van der Waals surface area (Å²) in [5.74, 6) is -2.97. The number of aromatic nitrogens is 1. The lowest BCUT2D eigenvalue weighted by molar-refractivity contribution is -0.216. The number of nitrogens with one attached hydrogen (secondary N) is 1. The number of fused-ring (bicyclic) bond motifs is 1. The summed E-state index contributed by atoms with van der Waals surface area (Å²) in [5.41, 5.74) is 4.34. The molecule has 6 nitrogen and oxygen atoms in total. The van der Waals surface area contributed by atoms with Crippen molar-refractivity contribution in [3.05, 3.63) is 64.7 Å². The number of hydrogen-bond donors (Lipinski definition) is 2. The van der Waals surface area contributed by atoms with E-state index in [4.69, 9.17) is 15.7 Å². The SMILES string of the molecule is N#Cc1ccc(/C(F)=C/c2ccc(F)c([C@]34CO[C@H](C(F)(F)F)[C@H]3CN=C(N)N4)c2)nc1. The standard InChI is InChI=1S/C21H16F5N5O/c22-15-3-1-11(6-16(23)17-4-2-12(7-27)8-29-17)5-13(15)20-10-32-18(21(24,25)26)14(20)9-30-19(28)31-20/h1-6,8,14,18H,9-10H2,(H3,28,30,31)/b16-6-/t14-,18+,20-/m1/s1. The third kappa shape index (κ3) is 3.78. The molecular weight excluding hydrogens is 433 g/mol. The van der Waals surface area contributed by atoms with Crippen LogP contribution in [-0.2, 0) is 10.3 Å². The van der Waals surface area contributed by atoms with Crippen LogP contribution in [-0.4, -0.2) is 36.4 Å². The van der Waals surface area contributed by atoms with Crippen molar-refractivity contribution in [1.82, 2.24) is 10.3 Å². The molecule has 2 aliphatic rings. The first-order valence-corrected chi connectivity index (χ1v) is 9.44. The van der Waals surface area contributed by atoms with E-state index in [1.807, 2.05) is 6.07 Å². The normalized spacial score (nSPS) is 25.5. The summed E-state index contributed by atoms with van der Waals surface area (Å²) in [4.78, 5) is 7.68. The van der Waals surface area contributed by atoms with Crippen molar-refractivity contribution in [2.45, 2.75) is 17.8 Å². The Morgan fingerprint density at radius 2 is 2.09 bits per heavy atom. The van der Waals surface area contributed by atoms with E-state index in [2.05, 4.69) is 15.3 Å². The number of nitrogens with zero attached hydrogens (tertiary/aromatic N) is 3. The van der Waals surface area contributed by atoms with Crippen LogP contribution in [0.1, 0.15) is 22.4 Å². The topological polar surface area (TPSA) is 96.3 Å². The van der Waals surface area contributed by atoms with Crippen LogP contribution in [0.25, 0.3) is 11.9 Å². The van der Waals surface area contributed by atoms with Crippen LogP contribution in [0.3, 0.4) is 0 Å². The highest BCUT2D eigenvalue weighted by Gasteiger charge is 2.61. The van der Waals surface area contributed by atoms with Gasteiger partial charge in [-0.15, -0.1) is 0 Å². The predicted octanol–water partition coefficient (Wildman–Crippen LogP) is 3.25. The molecule has 166 valence electrons. The van der Waals surface area contributed by atoms with E-state index in [0.717, 1.165) is 12.1 Å². The molecule has 2 aliphatic heterocycles. The summed E-state index contributed by atoms with van der Waals surface area (Å²) in [6.45, 7) is -0.812. The highest BCUT2D eigenvalue weighted by Crippen LogP contribution is 2.47. The number of halogens is 5. The van der Waals surface area contributed by atoms with Gasteiger partial charge in [-0.2, -0.15) is 18.4 Å². The van der Waals surface area contributed by atoms with Crippen LogP contribution in [0, 0.1) is 23.1 Å². The number of nitriles is 1. The molecule has 0 unspecified atom stereocenters. The van der Waals surface area contributed by atoms with Gasteiger partial charge in [0.2, 0.25) is 0 Å². The lowest BCUT2D eigenvalue weighted by Gasteiger charge is -2.39. The zero-order valence-corrected chi connectivity index (χ0v) is 16.3. The quantitative estimate of drug-likeness (QED) is 0.702. The molecule has 0 spiro atoms. The van der Waals surface area contributed by atoms with E-state index < -0.39 is 42.0 Å². The Labute approximate surface area is 179 Å². The van der Waals surface area contributed by atoms with E-state index in [-0.39, 0.29) is 34.9 Å². The number of pyridine rings is 1. The fraction of sp³-hybridized carbons (Fsp3) is 0.286. The fourth-order valence-corrected chi connectivity index (χ4v) is 4.01. The molecule has 0 saturated carbocycles. The monoisotopic (exact) mass is 449 g/mol. The maximum atomic E-state index is 14.9. The fourth-order valence-electron chi connectivity index (χ4n) is 4.01. The van der Waals surface area contributed by atoms with Gasteiger partial charge in [-0.1, -0.05) is 6.07 Å². The Morgan fingerprint density at radius 3 is 2.75 bits per heavy atom. The second-order valence-electron chi connectivity index (χ2n) is 7.48. The van der Waals surface area contributed by atoms with Gasteiger partial charge in [0.15, 0.2) is 12.1 Å². The maximum absolute atomic E-state index is 14.9. The zero-order valence-electron chi connectivity index (χ0n) is 16.3. The van der Waals surface area contributed by atoms with Crippen LogP contribution >= 0.6 is 0 Å². The maximum Gasteiger partial charge on any atom is 0.415 e. The van der Waals surface area contributed by atoms with Gasteiger partial charge in [0.25, 0.3) is 0 Å². The second-order valence-corrected chi connectivity index (χ2v) is 7.48. The molecule has 1 aromatic carbocycles. The first-order valence-electron chi connectivity index (χ1n) is 9.44. The summed E-state index contributed by atoms with van der Waals surface area (Å²) < 4.78 is 75.1. The number of rotatable bonds is 3. The van der Waals surface area contributed by atoms with Crippen molar-refractivity contribution in [3.8, 4) is 6.07 Å². The summed E-state index contributed by atoms with van der Waals surface area (Å²) in [6.07, 6.45) is -4.58. The molecule has 1 saturated heterocycles. The van der Waals surface area contributed by atoms with Gasteiger partial charge in [-0.25, -0.2) is 8.78 Å². The number of nitrogens with two attached hydrogens (primary N) is 1. The highest BCUT2D eigenvalue weighted by molar-refractivity contribution is 5.80. The number of alkyl halides is 3. The minimum absolute atomic E-state index is 0.0561. The molecule has 0 amide bonds. The molecule has 1 fully saturated rings. The molecule has 2 aromatic rings. The predicted molar refractivity (Wildman–Crippen MR) is 105 cm³/mol. The van der Waals surface area contributed by atoms with E-state index in [9.17, 15) is 22.0 Å². The average molecular weight is 449 g/mol. The second kappa shape index (κ2) is 7.87. The molecule has 0 radical (unpaired) electrons. The van der Waals surface area contributed by atoms with Crippen LogP contribution in [0.4, 0.5) is 22.0 Å². The molecule has 32 heavy (non-hydrogen) atoms. The number of benzene rings is 1. The lowest BCUT2D eigenvalue weighted by atomic mass is 9.76. The van der Waals surface area contributed by atoms with E-state index in [1.54, 1.807) is 0 Å². The number of aliphatic imine (C=N–C) groups is 1.